The van der Waals surface area contributed by atoms with Crippen molar-refractivity contribution in [3.05, 3.63) is 29.3 Å². The number of carbonyl (C=O) groups excluding carboxylic acids is 1. The molecular formula is C12H16BrNO4. The highest BCUT2D eigenvalue weighted by atomic mass is 79.9. The fourth-order valence-electron chi connectivity index (χ4n) is 1.61. The smallest absolute Gasteiger partial charge is 0.249 e. The molecule has 6 heteroatoms. The molecule has 0 fully saturated rings. The van der Waals surface area contributed by atoms with E-state index in [1.165, 1.54) is 19.2 Å². The quantitative estimate of drug-likeness (QED) is 0.682. The highest BCUT2D eigenvalue weighted by Gasteiger charge is 2.22. The molecule has 5 nitrogen and oxygen atoms in total. The minimum absolute atomic E-state index is 0.149. The van der Waals surface area contributed by atoms with Crippen LogP contribution in [0.15, 0.2) is 18.2 Å². The van der Waals surface area contributed by atoms with Gasteiger partial charge < -0.3 is 20.7 Å². The molecule has 100 valence electrons. The average Bonchev–Trinajstić information content (AvgIpc) is 2.37. The molecule has 0 aliphatic rings. The number of alkyl halides is 1. The molecular weight excluding hydrogens is 302 g/mol. The number of carbonyl (C=O) groups is 1. The van der Waals surface area contributed by atoms with Crippen molar-refractivity contribution in [1.29, 1.82) is 0 Å². The summed E-state index contributed by atoms with van der Waals surface area (Å²) in [4.78, 5) is 11.3. The third kappa shape index (κ3) is 3.44. The van der Waals surface area contributed by atoms with Crippen LogP contribution in [0, 0.1) is 0 Å². The zero-order valence-corrected chi connectivity index (χ0v) is 11.6. The van der Waals surface area contributed by atoms with E-state index < -0.39 is 18.1 Å². The van der Waals surface area contributed by atoms with Crippen LogP contribution in [0.25, 0.3) is 0 Å². The molecule has 1 aromatic carbocycles. The molecule has 1 rings (SSSR count). The molecule has 0 bridgehead atoms. The first-order chi connectivity index (χ1) is 8.51. The summed E-state index contributed by atoms with van der Waals surface area (Å²) in [5.41, 5.74) is 5.70. The number of aliphatic hydroxyl groups is 2. The van der Waals surface area contributed by atoms with Gasteiger partial charge in [0.15, 0.2) is 0 Å². The van der Waals surface area contributed by atoms with Gasteiger partial charge in [-0.15, -0.1) is 0 Å². The lowest BCUT2D eigenvalue weighted by molar-refractivity contribution is 0.0168. The third-order valence-corrected chi connectivity index (χ3v) is 3.07. The molecule has 0 spiro atoms. The molecule has 4 N–H and O–H groups in total. The SMILES string of the molecule is COc1ccc(C(O)C(O)CCBr)c(C(N)=O)c1. The number of rotatable bonds is 6. The van der Waals surface area contributed by atoms with E-state index in [4.69, 9.17) is 10.5 Å². The molecule has 0 saturated heterocycles. The first-order valence-corrected chi connectivity index (χ1v) is 6.53. The molecule has 0 aliphatic heterocycles. The second-order valence-electron chi connectivity index (χ2n) is 3.81. The normalized spacial score (nSPS) is 14.0. The number of hydrogen-bond acceptors (Lipinski definition) is 4. The summed E-state index contributed by atoms with van der Waals surface area (Å²) in [5, 5.41) is 20.3. The van der Waals surface area contributed by atoms with Gasteiger partial charge in [-0.1, -0.05) is 22.0 Å². The average molecular weight is 318 g/mol. The molecule has 0 saturated carbocycles. The summed E-state index contributed by atoms with van der Waals surface area (Å²) in [6.45, 7) is 0. The second-order valence-corrected chi connectivity index (χ2v) is 4.60. The van der Waals surface area contributed by atoms with Gasteiger partial charge in [0.05, 0.1) is 13.2 Å². The standard InChI is InChI=1S/C12H16BrNO4/c1-18-7-2-3-8(9(6-7)12(14)17)11(16)10(15)4-5-13/h2-3,6,10-11,15-16H,4-5H2,1H3,(H2,14,17). The van der Waals surface area contributed by atoms with Crippen molar-refractivity contribution in [2.75, 3.05) is 12.4 Å². The number of aliphatic hydroxyl groups excluding tert-OH is 2. The van der Waals surface area contributed by atoms with E-state index in [1.807, 2.05) is 0 Å². The molecule has 0 aromatic heterocycles. The lowest BCUT2D eigenvalue weighted by atomic mass is 9.97. The molecule has 0 aliphatic carbocycles. The van der Waals surface area contributed by atoms with Crippen LogP contribution in [0.2, 0.25) is 0 Å². The van der Waals surface area contributed by atoms with Crippen molar-refractivity contribution in [2.24, 2.45) is 5.73 Å². The number of nitrogens with two attached hydrogens (primary N) is 1. The number of primary amides is 1. The van der Waals surface area contributed by atoms with E-state index in [1.54, 1.807) is 6.07 Å². The van der Waals surface area contributed by atoms with Crippen molar-refractivity contribution in [2.45, 2.75) is 18.6 Å². The maximum absolute atomic E-state index is 11.3. The van der Waals surface area contributed by atoms with Crippen LogP contribution in [0.1, 0.15) is 28.4 Å². The first kappa shape index (κ1) is 14.9. The molecule has 1 aromatic rings. The Labute approximate surface area is 114 Å². The maximum Gasteiger partial charge on any atom is 0.249 e. The molecule has 0 heterocycles. The Bertz CT molecular complexity index is 425. The van der Waals surface area contributed by atoms with Gasteiger partial charge in [-0.2, -0.15) is 0 Å². The second kappa shape index (κ2) is 6.72. The van der Waals surface area contributed by atoms with Gasteiger partial charge in [0, 0.05) is 10.9 Å². The summed E-state index contributed by atoms with van der Waals surface area (Å²) >= 11 is 3.18. The Hall–Kier alpha value is -1.11. The van der Waals surface area contributed by atoms with Gasteiger partial charge >= 0.3 is 0 Å². The van der Waals surface area contributed by atoms with E-state index in [2.05, 4.69) is 15.9 Å². The maximum atomic E-state index is 11.3. The van der Waals surface area contributed by atoms with Gasteiger partial charge in [-0.05, 0) is 24.1 Å². The lowest BCUT2D eigenvalue weighted by Gasteiger charge is -2.19. The highest BCUT2D eigenvalue weighted by molar-refractivity contribution is 9.09. The minimum atomic E-state index is -1.16. The van der Waals surface area contributed by atoms with E-state index in [0.717, 1.165) is 0 Å². The molecule has 0 radical (unpaired) electrons. The molecule has 18 heavy (non-hydrogen) atoms. The van der Waals surface area contributed by atoms with Gasteiger partial charge in [0.25, 0.3) is 0 Å². The van der Waals surface area contributed by atoms with Crippen LogP contribution in [-0.4, -0.2) is 34.7 Å². The zero-order chi connectivity index (χ0) is 13.7. The predicted octanol–water partition coefficient (Wildman–Crippen LogP) is 0.973. The number of halogens is 1. The van der Waals surface area contributed by atoms with Crippen molar-refractivity contribution < 1.29 is 19.7 Å². The Kier molecular flexibility index (Phi) is 5.58. The molecule has 1 amide bonds. The highest BCUT2D eigenvalue weighted by Crippen LogP contribution is 2.26. The van der Waals surface area contributed by atoms with Crippen molar-refractivity contribution in [1.82, 2.24) is 0 Å². The predicted molar refractivity (Wildman–Crippen MR) is 70.9 cm³/mol. The number of ether oxygens (including phenoxy) is 1. The number of hydrogen-bond donors (Lipinski definition) is 3. The largest absolute Gasteiger partial charge is 0.497 e. The van der Waals surface area contributed by atoms with Crippen LogP contribution in [0.5, 0.6) is 5.75 Å². The lowest BCUT2D eigenvalue weighted by Crippen LogP contribution is -2.23. The number of benzene rings is 1. The Morgan fingerprint density at radius 3 is 2.67 bits per heavy atom. The van der Waals surface area contributed by atoms with E-state index >= 15 is 0 Å². The van der Waals surface area contributed by atoms with Crippen LogP contribution < -0.4 is 10.5 Å². The van der Waals surface area contributed by atoms with Crippen LogP contribution >= 0.6 is 15.9 Å². The van der Waals surface area contributed by atoms with Crippen molar-refractivity contribution in [3.63, 3.8) is 0 Å². The van der Waals surface area contributed by atoms with E-state index in [9.17, 15) is 15.0 Å². The molecule has 2 unspecified atom stereocenters. The van der Waals surface area contributed by atoms with Gasteiger partial charge in [-0.25, -0.2) is 0 Å². The van der Waals surface area contributed by atoms with Crippen molar-refractivity contribution in [3.8, 4) is 5.75 Å². The summed E-state index contributed by atoms with van der Waals surface area (Å²) in [5.74, 6) is -0.205. The Morgan fingerprint density at radius 1 is 1.50 bits per heavy atom. The van der Waals surface area contributed by atoms with Gasteiger partial charge in [0.2, 0.25) is 5.91 Å². The fourth-order valence-corrected chi connectivity index (χ4v) is 2.08. The third-order valence-electron chi connectivity index (χ3n) is 2.61. The summed E-state index contributed by atoms with van der Waals surface area (Å²) < 4.78 is 4.99. The number of methoxy groups -OCH3 is 1. The monoisotopic (exact) mass is 317 g/mol. The van der Waals surface area contributed by atoms with Gasteiger partial charge in [0.1, 0.15) is 11.9 Å². The fraction of sp³-hybridized carbons (Fsp3) is 0.417. The summed E-state index contributed by atoms with van der Waals surface area (Å²) in [6.07, 6.45) is -1.75. The Morgan fingerprint density at radius 2 is 2.17 bits per heavy atom. The Balaban J connectivity index is 3.10. The zero-order valence-electron chi connectivity index (χ0n) is 9.97. The minimum Gasteiger partial charge on any atom is -0.497 e. The van der Waals surface area contributed by atoms with Crippen LogP contribution in [-0.2, 0) is 0 Å². The van der Waals surface area contributed by atoms with E-state index in [0.29, 0.717) is 23.1 Å². The summed E-state index contributed by atoms with van der Waals surface area (Å²) in [6, 6.07) is 4.58. The van der Waals surface area contributed by atoms with Crippen LogP contribution in [0.4, 0.5) is 0 Å². The number of amides is 1. The van der Waals surface area contributed by atoms with E-state index in [-0.39, 0.29) is 5.56 Å². The molecule has 2 atom stereocenters. The van der Waals surface area contributed by atoms with Gasteiger partial charge in [-0.3, -0.25) is 4.79 Å². The topological polar surface area (TPSA) is 92.8 Å². The van der Waals surface area contributed by atoms with Crippen LogP contribution in [0.3, 0.4) is 0 Å². The first-order valence-electron chi connectivity index (χ1n) is 5.41. The van der Waals surface area contributed by atoms with Crippen molar-refractivity contribution >= 4 is 21.8 Å². The summed E-state index contributed by atoms with van der Waals surface area (Å²) in [7, 11) is 1.47.